The van der Waals surface area contributed by atoms with Crippen LogP contribution in [0, 0.1) is 0 Å². The fourth-order valence-electron chi connectivity index (χ4n) is 3.21. The van der Waals surface area contributed by atoms with E-state index >= 15 is 0 Å². The number of alkyl halides is 6. The third-order valence-electron chi connectivity index (χ3n) is 4.94. The van der Waals surface area contributed by atoms with Crippen LogP contribution in [0.2, 0.25) is 0 Å². The number of benzene rings is 1. The molecule has 210 valence electrons. The van der Waals surface area contributed by atoms with E-state index in [-0.39, 0.29) is 0 Å². The van der Waals surface area contributed by atoms with E-state index in [0.29, 0.717) is 0 Å². The Morgan fingerprint density at radius 1 is 0.900 bits per heavy atom. The van der Waals surface area contributed by atoms with Gasteiger partial charge in [-0.25, -0.2) is 19.6 Å². The fourth-order valence-corrected chi connectivity index (χ4v) is 3.21. The first-order valence-electron chi connectivity index (χ1n) is 10.7. The summed E-state index contributed by atoms with van der Waals surface area (Å²) in [7, 11) is 1.66. The number of rotatable bonds is 2. The molecule has 0 saturated heterocycles. The molecule has 0 fully saturated rings. The van der Waals surface area contributed by atoms with Gasteiger partial charge in [-0.2, -0.15) is 26.3 Å². The molecule has 0 saturated carbocycles. The number of nitrogens with one attached hydrogen (secondary N) is 2. The van der Waals surface area contributed by atoms with Crippen LogP contribution >= 0.6 is 0 Å². The van der Waals surface area contributed by atoms with E-state index in [1.165, 1.54) is 0 Å². The Hall–Kier alpha value is -5.15. The van der Waals surface area contributed by atoms with E-state index in [1.807, 2.05) is 42.5 Å². The first kappa shape index (κ1) is 29.4. The maximum Gasteiger partial charge on any atom is 0.490 e. The monoisotopic (exact) mass is 569 g/mol. The number of anilines is 2. The van der Waals surface area contributed by atoms with Crippen LogP contribution < -0.4 is 10.1 Å². The molecule has 1 aliphatic rings. The van der Waals surface area contributed by atoms with Gasteiger partial charge < -0.3 is 25.3 Å². The van der Waals surface area contributed by atoms with Gasteiger partial charge in [0.15, 0.2) is 0 Å². The number of hydrogen-bond donors (Lipinski definition) is 4. The number of pyridine rings is 2. The Labute approximate surface area is 220 Å². The summed E-state index contributed by atoms with van der Waals surface area (Å²) in [5.74, 6) is -3.17. The van der Waals surface area contributed by atoms with E-state index in [4.69, 9.17) is 29.5 Å². The smallest absolute Gasteiger partial charge is 0.490 e. The number of carboxylic acids is 2. The number of ether oxygens (including phenoxy) is 1. The molecular formula is C24H17F6N5O5. The highest BCUT2D eigenvalue weighted by Gasteiger charge is 2.38. The Kier molecular flexibility index (Phi) is 8.61. The van der Waals surface area contributed by atoms with E-state index in [9.17, 15) is 26.3 Å². The molecule has 0 atom stereocenters. The van der Waals surface area contributed by atoms with E-state index in [1.54, 1.807) is 25.7 Å². The van der Waals surface area contributed by atoms with Crippen molar-refractivity contribution in [1.82, 2.24) is 19.9 Å². The lowest BCUT2D eigenvalue weighted by atomic mass is 10.1. The summed E-state index contributed by atoms with van der Waals surface area (Å²) in [6, 6.07) is 13.8. The minimum Gasteiger partial charge on any atom is -0.497 e. The lowest BCUT2D eigenvalue weighted by molar-refractivity contribution is -0.193. The second kappa shape index (κ2) is 11.7. The Balaban J connectivity index is 0.000000263. The Morgan fingerprint density at radius 3 is 2.15 bits per heavy atom. The first-order valence-corrected chi connectivity index (χ1v) is 10.7. The number of carboxylic acid groups (broad SMARTS) is 2. The van der Waals surface area contributed by atoms with Crippen LogP contribution in [0.25, 0.3) is 33.9 Å². The number of aliphatic carboxylic acids is 2. The Bertz CT molecular complexity index is 1430. The average molecular weight is 569 g/mol. The van der Waals surface area contributed by atoms with Crippen molar-refractivity contribution in [2.24, 2.45) is 0 Å². The highest BCUT2D eigenvalue weighted by Crippen LogP contribution is 2.42. The van der Waals surface area contributed by atoms with Gasteiger partial charge in [-0.3, -0.25) is 4.98 Å². The summed E-state index contributed by atoms with van der Waals surface area (Å²) in [4.78, 5) is 34.9. The van der Waals surface area contributed by atoms with Gasteiger partial charge in [-0.05, 0) is 30.3 Å². The summed E-state index contributed by atoms with van der Waals surface area (Å²) in [5.41, 5.74) is 5.63. The molecule has 0 spiro atoms. The lowest BCUT2D eigenvalue weighted by Gasteiger charge is -2.08. The van der Waals surface area contributed by atoms with E-state index in [0.717, 1.165) is 51.2 Å². The number of carbonyl (C=O) groups is 2. The molecule has 16 heteroatoms. The number of imidazole rings is 1. The third kappa shape index (κ3) is 7.03. The van der Waals surface area contributed by atoms with Crippen molar-refractivity contribution in [3.05, 3.63) is 61.1 Å². The van der Waals surface area contributed by atoms with Crippen molar-refractivity contribution in [3.63, 3.8) is 0 Å². The zero-order chi connectivity index (χ0) is 29.7. The SMILES string of the molecule is COc1cccc(-c2nc3c([nH]2)-c2ccncc2Nc2ncccc2-3)c1.O=C(O)C(F)(F)F.O=C(O)C(F)(F)F. The van der Waals surface area contributed by atoms with Gasteiger partial charge in [0.2, 0.25) is 0 Å². The third-order valence-corrected chi connectivity index (χ3v) is 4.94. The van der Waals surface area contributed by atoms with Gasteiger partial charge in [0.25, 0.3) is 0 Å². The van der Waals surface area contributed by atoms with Crippen LogP contribution in [-0.4, -0.2) is 61.5 Å². The molecule has 1 aliphatic heterocycles. The van der Waals surface area contributed by atoms with Crippen LogP contribution in [0.15, 0.2) is 61.1 Å². The second-order valence-electron chi connectivity index (χ2n) is 7.59. The van der Waals surface area contributed by atoms with Gasteiger partial charge in [-0.15, -0.1) is 0 Å². The topological polar surface area (TPSA) is 150 Å². The highest BCUT2D eigenvalue weighted by atomic mass is 19.4. The van der Waals surface area contributed by atoms with Crippen LogP contribution in [0.3, 0.4) is 0 Å². The molecule has 0 radical (unpaired) electrons. The summed E-state index contributed by atoms with van der Waals surface area (Å²) in [6.45, 7) is 0. The average Bonchev–Trinajstić information content (AvgIpc) is 3.29. The molecular weight excluding hydrogens is 552 g/mol. The number of aromatic amines is 1. The van der Waals surface area contributed by atoms with Crippen molar-refractivity contribution in [3.8, 4) is 39.7 Å². The molecule has 5 rings (SSSR count). The molecule has 1 aromatic carbocycles. The largest absolute Gasteiger partial charge is 0.497 e. The summed E-state index contributed by atoms with van der Waals surface area (Å²) >= 11 is 0. The quantitative estimate of drug-likeness (QED) is 0.201. The molecule has 3 aromatic heterocycles. The zero-order valence-corrected chi connectivity index (χ0v) is 20.0. The molecule has 4 aromatic rings. The summed E-state index contributed by atoms with van der Waals surface area (Å²) < 4.78 is 68.8. The van der Waals surface area contributed by atoms with Crippen molar-refractivity contribution in [2.45, 2.75) is 12.4 Å². The molecule has 0 aliphatic carbocycles. The van der Waals surface area contributed by atoms with Crippen LogP contribution in [0.5, 0.6) is 5.75 Å². The van der Waals surface area contributed by atoms with Crippen LogP contribution in [-0.2, 0) is 9.59 Å². The standard InChI is InChI=1S/C20H15N5O.2C2HF3O2/c1-26-13-5-2-4-12(10-13)19-24-17-14-7-9-21-11-16(14)23-20-15(18(17)25-19)6-3-8-22-20;2*3-2(4,5)1(6)7/h2-11H,1H3,(H,22,23)(H,24,25);2*(H,6,7). The van der Waals surface area contributed by atoms with Gasteiger partial charge in [-0.1, -0.05) is 12.1 Å². The van der Waals surface area contributed by atoms with E-state index in [2.05, 4.69) is 20.3 Å². The number of nitrogens with zero attached hydrogens (tertiary/aromatic N) is 3. The first-order chi connectivity index (χ1) is 18.7. The zero-order valence-electron chi connectivity index (χ0n) is 20.0. The van der Waals surface area contributed by atoms with Crippen molar-refractivity contribution in [1.29, 1.82) is 0 Å². The normalized spacial score (nSPS) is 11.5. The highest BCUT2D eigenvalue weighted by molar-refractivity contribution is 5.95. The van der Waals surface area contributed by atoms with Gasteiger partial charge in [0.1, 0.15) is 23.1 Å². The van der Waals surface area contributed by atoms with E-state index < -0.39 is 24.3 Å². The molecule has 4 N–H and O–H groups in total. The number of fused-ring (bicyclic) bond motifs is 5. The second-order valence-corrected chi connectivity index (χ2v) is 7.59. The molecule has 4 heterocycles. The molecule has 40 heavy (non-hydrogen) atoms. The fraction of sp³-hybridized carbons (Fsp3) is 0.125. The number of methoxy groups -OCH3 is 1. The number of halogens is 6. The number of H-pyrrole nitrogens is 1. The van der Waals surface area contributed by atoms with Crippen molar-refractivity contribution in [2.75, 3.05) is 12.4 Å². The maximum atomic E-state index is 10.6. The molecule has 0 amide bonds. The Morgan fingerprint density at radius 2 is 1.55 bits per heavy atom. The van der Waals surface area contributed by atoms with Crippen molar-refractivity contribution >= 4 is 23.4 Å². The maximum absolute atomic E-state index is 10.6. The number of aromatic nitrogens is 4. The van der Waals surface area contributed by atoms with Gasteiger partial charge in [0.05, 0.1) is 24.7 Å². The van der Waals surface area contributed by atoms with Crippen LogP contribution in [0.1, 0.15) is 0 Å². The predicted molar refractivity (Wildman–Crippen MR) is 128 cm³/mol. The molecule has 0 unspecified atom stereocenters. The minimum absolute atomic E-state index is 0.768. The van der Waals surface area contributed by atoms with Gasteiger partial charge >= 0.3 is 24.3 Å². The summed E-state index contributed by atoms with van der Waals surface area (Å²) in [5, 5.41) is 17.6. The van der Waals surface area contributed by atoms with Gasteiger partial charge in [0, 0.05) is 29.1 Å². The molecule has 10 nitrogen and oxygen atoms in total. The predicted octanol–water partition coefficient (Wildman–Crippen LogP) is 5.53. The lowest BCUT2D eigenvalue weighted by Crippen LogP contribution is -2.21. The van der Waals surface area contributed by atoms with Crippen molar-refractivity contribution < 1.29 is 50.9 Å². The summed E-state index contributed by atoms with van der Waals surface area (Å²) in [6.07, 6.45) is -4.82. The number of hydrogen-bond acceptors (Lipinski definition) is 7. The molecule has 0 bridgehead atoms. The van der Waals surface area contributed by atoms with Crippen LogP contribution in [0.4, 0.5) is 37.8 Å². The minimum atomic E-state index is -5.08.